The molecule has 0 spiro atoms. The molecule has 0 atom stereocenters. The highest BCUT2D eigenvalue weighted by Crippen LogP contribution is 2.11. The summed E-state index contributed by atoms with van der Waals surface area (Å²) in [7, 11) is -3.33. The van der Waals surface area contributed by atoms with E-state index in [2.05, 4.69) is 9.71 Å². The van der Waals surface area contributed by atoms with E-state index in [1.165, 1.54) is 12.3 Å². The number of alkyl halides is 1. The predicted octanol–water partition coefficient (Wildman–Crippen LogP) is 2.50. The molecule has 0 saturated heterocycles. The average molecular weight is 283 g/mol. The van der Waals surface area contributed by atoms with Crippen LogP contribution in [0.4, 0.5) is 5.82 Å². The summed E-state index contributed by atoms with van der Waals surface area (Å²) in [6.45, 7) is 0. The van der Waals surface area contributed by atoms with E-state index in [-0.39, 0.29) is 11.6 Å². The molecule has 1 aromatic heterocycles. The third kappa shape index (κ3) is 5.01. The highest BCUT2D eigenvalue weighted by atomic mass is 35.5. The zero-order valence-electron chi connectivity index (χ0n) is 8.49. The van der Waals surface area contributed by atoms with Crippen LogP contribution >= 0.6 is 23.2 Å². The van der Waals surface area contributed by atoms with Crippen molar-refractivity contribution in [3.8, 4) is 0 Å². The molecule has 4 nitrogen and oxygen atoms in total. The van der Waals surface area contributed by atoms with Gasteiger partial charge in [-0.25, -0.2) is 13.4 Å². The summed E-state index contributed by atoms with van der Waals surface area (Å²) >= 11 is 11.1. The van der Waals surface area contributed by atoms with Gasteiger partial charge in [0.05, 0.1) is 10.8 Å². The summed E-state index contributed by atoms with van der Waals surface area (Å²) in [6, 6.07) is 3.09. The zero-order chi connectivity index (χ0) is 12.0. The van der Waals surface area contributed by atoms with Crippen LogP contribution in [0.25, 0.3) is 0 Å². The first-order chi connectivity index (χ1) is 7.53. The van der Waals surface area contributed by atoms with Gasteiger partial charge in [-0.15, -0.1) is 11.6 Å². The Morgan fingerprint density at radius 2 is 2.06 bits per heavy atom. The number of pyridine rings is 1. The molecule has 0 aliphatic carbocycles. The Morgan fingerprint density at radius 3 is 2.62 bits per heavy atom. The summed E-state index contributed by atoms with van der Waals surface area (Å²) in [4.78, 5) is 3.84. The van der Waals surface area contributed by atoms with E-state index in [1.54, 1.807) is 6.07 Å². The van der Waals surface area contributed by atoms with E-state index < -0.39 is 10.0 Å². The fourth-order valence-corrected chi connectivity index (χ4v) is 2.46. The van der Waals surface area contributed by atoms with Crippen LogP contribution in [-0.2, 0) is 10.0 Å². The Balaban J connectivity index is 2.55. The maximum absolute atomic E-state index is 11.5. The molecule has 90 valence electrons. The molecule has 1 N–H and O–H groups in total. The van der Waals surface area contributed by atoms with Crippen LogP contribution in [0.5, 0.6) is 0 Å². The molecule has 0 aliphatic rings. The van der Waals surface area contributed by atoms with Crippen molar-refractivity contribution in [1.82, 2.24) is 4.98 Å². The van der Waals surface area contributed by atoms with E-state index in [0.717, 1.165) is 0 Å². The third-order valence-corrected chi connectivity index (χ3v) is 3.62. The number of hydrogen-bond donors (Lipinski definition) is 1. The van der Waals surface area contributed by atoms with E-state index in [9.17, 15) is 8.42 Å². The molecule has 0 fully saturated rings. The fraction of sp³-hybridized carbons (Fsp3) is 0.444. The summed E-state index contributed by atoms with van der Waals surface area (Å²) in [5, 5.41) is 0.463. The molecular formula is C9H12Cl2N2O2S. The second kappa shape index (κ2) is 6.27. The van der Waals surface area contributed by atoms with Gasteiger partial charge in [-0.3, -0.25) is 4.72 Å². The molecule has 16 heavy (non-hydrogen) atoms. The molecule has 0 saturated carbocycles. The van der Waals surface area contributed by atoms with Gasteiger partial charge in [-0.1, -0.05) is 11.6 Å². The van der Waals surface area contributed by atoms with Crippen LogP contribution in [0.3, 0.4) is 0 Å². The van der Waals surface area contributed by atoms with Crippen LogP contribution in [0.2, 0.25) is 5.02 Å². The molecule has 1 rings (SSSR count). The molecule has 0 radical (unpaired) electrons. The van der Waals surface area contributed by atoms with Gasteiger partial charge in [0.2, 0.25) is 10.0 Å². The first kappa shape index (κ1) is 13.5. The Hall–Kier alpha value is -0.520. The molecule has 0 amide bonds. The van der Waals surface area contributed by atoms with Gasteiger partial charge in [0.1, 0.15) is 5.82 Å². The molecular weight excluding hydrogens is 271 g/mol. The SMILES string of the molecule is O=S(=O)(CCCCCl)Nc1ccc(Cl)cn1. The zero-order valence-corrected chi connectivity index (χ0v) is 10.8. The number of halogens is 2. The van der Waals surface area contributed by atoms with E-state index in [0.29, 0.717) is 23.7 Å². The number of nitrogens with zero attached hydrogens (tertiary/aromatic N) is 1. The van der Waals surface area contributed by atoms with Crippen LogP contribution < -0.4 is 4.72 Å². The number of aromatic nitrogens is 1. The van der Waals surface area contributed by atoms with Crippen LogP contribution in [0.15, 0.2) is 18.3 Å². The lowest BCUT2D eigenvalue weighted by Crippen LogP contribution is -2.17. The normalized spacial score (nSPS) is 11.4. The van der Waals surface area contributed by atoms with E-state index in [4.69, 9.17) is 23.2 Å². The smallest absolute Gasteiger partial charge is 0.233 e. The Morgan fingerprint density at radius 1 is 1.31 bits per heavy atom. The average Bonchev–Trinajstić information content (AvgIpc) is 2.21. The monoisotopic (exact) mass is 282 g/mol. The van der Waals surface area contributed by atoms with Gasteiger partial charge in [-0.05, 0) is 25.0 Å². The van der Waals surface area contributed by atoms with E-state index >= 15 is 0 Å². The number of rotatable bonds is 6. The summed E-state index contributed by atoms with van der Waals surface area (Å²) in [5.74, 6) is 0.786. The molecule has 0 bridgehead atoms. The number of unbranched alkanes of at least 4 members (excludes halogenated alkanes) is 1. The predicted molar refractivity (Wildman–Crippen MR) is 66.6 cm³/mol. The number of hydrogen-bond acceptors (Lipinski definition) is 3. The summed E-state index contributed by atoms with van der Waals surface area (Å²) in [5.41, 5.74) is 0. The van der Waals surface area contributed by atoms with Crippen molar-refractivity contribution in [3.63, 3.8) is 0 Å². The minimum absolute atomic E-state index is 0.0457. The third-order valence-electron chi connectivity index (χ3n) is 1.78. The van der Waals surface area contributed by atoms with Gasteiger partial charge in [0.15, 0.2) is 0 Å². The van der Waals surface area contributed by atoms with E-state index in [1.807, 2.05) is 0 Å². The standard InChI is InChI=1S/C9H12Cl2N2O2S/c10-5-1-2-6-16(14,15)13-9-4-3-8(11)7-12-9/h3-4,7H,1-2,5-6H2,(H,12,13). The molecule has 0 aromatic carbocycles. The Bertz CT molecular complexity index is 420. The second-order valence-electron chi connectivity index (χ2n) is 3.18. The maximum Gasteiger partial charge on any atom is 0.233 e. The summed E-state index contributed by atoms with van der Waals surface area (Å²) in [6.07, 6.45) is 2.60. The van der Waals surface area contributed by atoms with Gasteiger partial charge in [-0.2, -0.15) is 0 Å². The lowest BCUT2D eigenvalue weighted by Gasteiger charge is -2.06. The summed E-state index contributed by atoms with van der Waals surface area (Å²) < 4.78 is 25.4. The number of sulfonamides is 1. The first-order valence-corrected chi connectivity index (χ1v) is 7.28. The van der Waals surface area contributed by atoms with Gasteiger partial charge >= 0.3 is 0 Å². The van der Waals surface area contributed by atoms with Gasteiger partial charge in [0, 0.05) is 12.1 Å². The van der Waals surface area contributed by atoms with Gasteiger partial charge in [0.25, 0.3) is 0 Å². The van der Waals surface area contributed by atoms with Crippen molar-refractivity contribution >= 4 is 39.0 Å². The topological polar surface area (TPSA) is 59.1 Å². The highest BCUT2D eigenvalue weighted by Gasteiger charge is 2.10. The second-order valence-corrected chi connectivity index (χ2v) is 5.83. The number of nitrogens with one attached hydrogen (secondary N) is 1. The lowest BCUT2D eigenvalue weighted by molar-refractivity contribution is 0.598. The van der Waals surface area contributed by atoms with Crippen LogP contribution in [-0.4, -0.2) is 25.0 Å². The van der Waals surface area contributed by atoms with Crippen LogP contribution in [0.1, 0.15) is 12.8 Å². The van der Waals surface area contributed by atoms with Crippen molar-refractivity contribution < 1.29 is 8.42 Å². The number of anilines is 1. The van der Waals surface area contributed by atoms with Crippen molar-refractivity contribution in [2.24, 2.45) is 0 Å². The minimum Gasteiger partial charge on any atom is -0.267 e. The molecule has 1 heterocycles. The highest BCUT2D eigenvalue weighted by molar-refractivity contribution is 7.92. The van der Waals surface area contributed by atoms with Crippen LogP contribution in [0, 0.1) is 0 Å². The van der Waals surface area contributed by atoms with Crippen molar-refractivity contribution in [3.05, 3.63) is 23.4 Å². The quantitative estimate of drug-likeness (QED) is 0.644. The van der Waals surface area contributed by atoms with Crippen molar-refractivity contribution in [1.29, 1.82) is 0 Å². The maximum atomic E-state index is 11.5. The minimum atomic E-state index is -3.33. The molecule has 7 heteroatoms. The Kier molecular flexibility index (Phi) is 5.31. The largest absolute Gasteiger partial charge is 0.267 e. The Labute approximate surface area is 105 Å². The molecule has 0 unspecified atom stereocenters. The van der Waals surface area contributed by atoms with Crippen molar-refractivity contribution in [2.75, 3.05) is 16.4 Å². The molecule has 1 aromatic rings. The van der Waals surface area contributed by atoms with Crippen molar-refractivity contribution in [2.45, 2.75) is 12.8 Å². The first-order valence-electron chi connectivity index (χ1n) is 4.71. The van der Waals surface area contributed by atoms with Gasteiger partial charge < -0.3 is 0 Å². The molecule has 0 aliphatic heterocycles. The lowest BCUT2D eigenvalue weighted by atomic mass is 10.4. The fourth-order valence-electron chi connectivity index (χ4n) is 1.03.